The van der Waals surface area contributed by atoms with Crippen LogP contribution in [0.3, 0.4) is 0 Å². The monoisotopic (exact) mass is 551 g/mol. The van der Waals surface area contributed by atoms with E-state index >= 15 is 0 Å². The zero-order valence-electron chi connectivity index (χ0n) is 19.7. The fraction of sp³-hybridized carbons (Fsp3) is 0.0667. The summed E-state index contributed by atoms with van der Waals surface area (Å²) in [6.45, 7) is 4.26. The molecule has 0 aliphatic heterocycles. The number of hydrogen-bond donors (Lipinski definition) is 1. The molecule has 0 saturated heterocycles. The van der Waals surface area contributed by atoms with E-state index in [0.29, 0.717) is 0 Å². The van der Waals surface area contributed by atoms with Gasteiger partial charge in [-0.25, -0.2) is 0 Å². The van der Waals surface area contributed by atoms with Crippen molar-refractivity contribution in [1.82, 2.24) is 4.57 Å². The SMILES string of the molecule is Cc1ccc2c(c1)oc1c3sc4c5sc6c7ccc(C)cc7sc6c5sc4c3n(-c3ccc(O)cc3)c21. The second-order valence-corrected chi connectivity index (χ2v) is 13.8. The molecule has 9 rings (SSSR count). The number of aryl methyl sites for hydroxylation is 2. The molecular weight excluding hydrogens is 535 g/mol. The summed E-state index contributed by atoms with van der Waals surface area (Å²) < 4.78 is 19.7. The Morgan fingerprint density at radius 2 is 1.27 bits per heavy atom. The molecule has 0 unspecified atom stereocenters. The molecule has 0 aliphatic carbocycles. The number of furan rings is 1. The van der Waals surface area contributed by atoms with Crippen molar-refractivity contribution < 1.29 is 9.52 Å². The molecule has 6 heterocycles. The molecule has 0 spiro atoms. The molecule has 1 N–H and O–H groups in total. The molecule has 0 radical (unpaired) electrons. The van der Waals surface area contributed by atoms with Gasteiger partial charge in [-0.1, -0.05) is 18.2 Å². The third-order valence-corrected chi connectivity index (χ3v) is 12.7. The first-order chi connectivity index (χ1) is 18.0. The Morgan fingerprint density at radius 1 is 0.622 bits per heavy atom. The lowest BCUT2D eigenvalue weighted by Crippen LogP contribution is -1.92. The number of fused-ring (bicyclic) bond motifs is 13. The number of aromatic nitrogens is 1. The van der Waals surface area contributed by atoms with Gasteiger partial charge in [0.15, 0.2) is 5.58 Å². The Hall–Kier alpha value is -3.36. The van der Waals surface area contributed by atoms with E-state index in [4.69, 9.17) is 4.42 Å². The third kappa shape index (κ3) is 2.60. The number of aromatic hydroxyl groups is 1. The van der Waals surface area contributed by atoms with Crippen LogP contribution in [0.2, 0.25) is 0 Å². The summed E-state index contributed by atoms with van der Waals surface area (Å²) in [5.74, 6) is 0.269. The number of rotatable bonds is 1. The van der Waals surface area contributed by atoms with Crippen molar-refractivity contribution in [2.45, 2.75) is 13.8 Å². The highest BCUT2D eigenvalue weighted by molar-refractivity contribution is 7.47. The number of thiophene rings is 4. The fourth-order valence-corrected chi connectivity index (χ4v) is 11.6. The largest absolute Gasteiger partial charge is 0.508 e. The van der Waals surface area contributed by atoms with E-state index in [2.05, 4.69) is 54.8 Å². The predicted octanol–water partition coefficient (Wildman–Crippen LogP) is 10.7. The maximum atomic E-state index is 10.00. The van der Waals surface area contributed by atoms with Gasteiger partial charge < -0.3 is 14.1 Å². The van der Waals surface area contributed by atoms with Gasteiger partial charge in [0.1, 0.15) is 16.8 Å². The van der Waals surface area contributed by atoms with Crippen molar-refractivity contribution in [3.8, 4) is 11.4 Å². The Morgan fingerprint density at radius 3 is 2.08 bits per heavy atom. The van der Waals surface area contributed by atoms with Crippen LogP contribution >= 0.6 is 45.3 Å². The van der Waals surface area contributed by atoms with E-state index in [-0.39, 0.29) is 5.75 Å². The van der Waals surface area contributed by atoms with Gasteiger partial charge in [0.2, 0.25) is 0 Å². The number of phenols is 1. The molecule has 7 heteroatoms. The van der Waals surface area contributed by atoms with Gasteiger partial charge >= 0.3 is 0 Å². The zero-order chi connectivity index (χ0) is 24.6. The minimum atomic E-state index is 0.269. The molecule has 0 bridgehead atoms. The Kier molecular flexibility index (Phi) is 3.87. The minimum absolute atomic E-state index is 0.269. The van der Waals surface area contributed by atoms with E-state index in [1.807, 2.05) is 57.5 Å². The first kappa shape index (κ1) is 20.7. The Balaban J connectivity index is 1.46. The summed E-state index contributed by atoms with van der Waals surface area (Å²) in [5.41, 5.74) is 7.70. The minimum Gasteiger partial charge on any atom is -0.508 e. The maximum absolute atomic E-state index is 10.00. The van der Waals surface area contributed by atoms with E-state index in [9.17, 15) is 5.11 Å². The van der Waals surface area contributed by atoms with E-state index in [1.165, 1.54) is 59.6 Å². The van der Waals surface area contributed by atoms with Crippen LogP contribution < -0.4 is 0 Å². The summed E-state index contributed by atoms with van der Waals surface area (Å²) in [6, 6.07) is 20.8. The van der Waals surface area contributed by atoms with Gasteiger partial charge in [0.25, 0.3) is 0 Å². The summed E-state index contributed by atoms with van der Waals surface area (Å²) in [4.78, 5) is 0. The number of hydrogen-bond acceptors (Lipinski definition) is 6. The van der Waals surface area contributed by atoms with Crippen molar-refractivity contribution in [3.63, 3.8) is 0 Å². The van der Waals surface area contributed by atoms with Crippen LogP contribution in [0.4, 0.5) is 0 Å². The topological polar surface area (TPSA) is 38.3 Å². The lowest BCUT2D eigenvalue weighted by atomic mass is 10.2. The molecule has 6 aromatic heterocycles. The van der Waals surface area contributed by atoms with Crippen LogP contribution in [0.15, 0.2) is 65.1 Å². The van der Waals surface area contributed by atoms with Crippen LogP contribution in [-0.2, 0) is 0 Å². The van der Waals surface area contributed by atoms with Crippen LogP contribution in [0.1, 0.15) is 11.1 Å². The summed E-state index contributed by atoms with van der Waals surface area (Å²) in [5, 5.41) is 12.5. The molecule has 3 aromatic carbocycles. The lowest BCUT2D eigenvalue weighted by molar-refractivity contribution is 0.475. The number of nitrogens with zero attached hydrogens (tertiary/aromatic N) is 1. The van der Waals surface area contributed by atoms with Gasteiger partial charge in [0.05, 0.1) is 38.4 Å². The van der Waals surface area contributed by atoms with Crippen LogP contribution in [0.25, 0.3) is 76.3 Å². The van der Waals surface area contributed by atoms with Gasteiger partial charge in [-0.05, 0) is 67.4 Å². The van der Waals surface area contributed by atoms with E-state index in [0.717, 1.165) is 27.8 Å². The molecule has 9 aromatic rings. The van der Waals surface area contributed by atoms with Crippen molar-refractivity contribution in [2.24, 2.45) is 0 Å². The van der Waals surface area contributed by atoms with Crippen LogP contribution in [-0.4, -0.2) is 9.67 Å². The standard InChI is InChI=1S/C30H17NO2S4/c1-13-3-9-17-19(11-13)33-23-21(17)31(15-5-7-16(32)8-6-15)22-25(23)36-28-26(22)37-29-27-24(35-30(28)29)18-10-4-14(2)12-20(18)34-27/h3-12,32H,1-2H3. The first-order valence-corrected chi connectivity index (χ1v) is 15.2. The average Bonchev–Trinajstić information content (AvgIpc) is 3.67. The smallest absolute Gasteiger partial charge is 0.171 e. The highest BCUT2D eigenvalue weighted by Crippen LogP contribution is 2.55. The van der Waals surface area contributed by atoms with E-state index < -0.39 is 0 Å². The van der Waals surface area contributed by atoms with E-state index in [1.54, 1.807) is 12.1 Å². The molecule has 0 fully saturated rings. The highest BCUT2D eigenvalue weighted by Gasteiger charge is 2.27. The van der Waals surface area contributed by atoms with Gasteiger partial charge in [-0.15, -0.1) is 45.3 Å². The van der Waals surface area contributed by atoms with Crippen molar-refractivity contribution in [3.05, 3.63) is 71.8 Å². The number of phenolic OH excluding ortho intramolecular Hbond substituents is 1. The average molecular weight is 552 g/mol. The second kappa shape index (κ2) is 6.94. The summed E-state index contributed by atoms with van der Waals surface area (Å²) >= 11 is 7.62. The molecule has 178 valence electrons. The van der Waals surface area contributed by atoms with Gasteiger partial charge in [-0.3, -0.25) is 0 Å². The molecule has 0 aliphatic rings. The first-order valence-electron chi connectivity index (χ1n) is 12.0. The molecular formula is C30H17NO2S4. The third-order valence-electron chi connectivity index (χ3n) is 7.25. The summed E-state index contributed by atoms with van der Waals surface area (Å²) in [6.07, 6.45) is 0. The fourth-order valence-electron chi connectivity index (χ4n) is 5.57. The normalized spacial score (nSPS) is 12.7. The van der Waals surface area contributed by atoms with Crippen LogP contribution in [0.5, 0.6) is 5.75 Å². The quantitative estimate of drug-likeness (QED) is 0.220. The molecule has 3 nitrogen and oxygen atoms in total. The molecule has 0 atom stereocenters. The van der Waals surface area contributed by atoms with Crippen LogP contribution in [0, 0.1) is 13.8 Å². The molecule has 37 heavy (non-hydrogen) atoms. The zero-order valence-corrected chi connectivity index (χ0v) is 23.0. The summed E-state index contributed by atoms with van der Waals surface area (Å²) in [7, 11) is 0. The number of benzene rings is 3. The maximum Gasteiger partial charge on any atom is 0.171 e. The van der Waals surface area contributed by atoms with Crippen molar-refractivity contribution >= 4 is 116 Å². The second-order valence-electron chi connectivity index (χ2n) is 9.69. The lowest BCUT2D eigenvalue weighted by Gasteiger charge is -2.07. The molecule has 0 amide bonds. The van der Waals surface area contributed by atoms with Gasteiger partial charge in [0, 0.05) is 21.2 Å². The molecule has 0 saturated carbocycles. The van der Waals surface area contributed by atoms with Crippen molar-refractivity contribution in [2.75, 3.05) is 0 Å². The predicted molar refractivity (Wildman–Crippen MR) is 163 cm³/mol. The highest BCUT2D eigenvalue weighted by atomic mass is 32.1. The Labute approximate surface area is 226 Å². The van der Waals surface area contributed by atoms with Gasteiger partial charge in [-0.2, -0.15) is 0 Å². The Bertz CT molecular complexity index is 2390. The van der Waals surface area contributed by atoms with Crippen molar-refractivity contribution in [1.29, 1.82) is 0 Å².